The van der Waals surface area contributed by atoms with Crippen LogP contribution in [0.4, 0.5) is 9.52 Å². The Kier molecular flexibility index (Phi) is 6.92. The molecule has 0 saturated heterocycles. The smallest absolute Gasteiger partial charge is 0.263 e. The lowest BCUT2D eigenvalue weighted by Crippen LogP contribution is -2.37. The highest BCUT2D eigenvalue weighted by Crippen LogP contribution is 2.31. The van der Waals surface area contributed by atoms with Gasteiger partial charge >= 0.3 is 0 Å². The van der Waals surface area contributed by atoms with Crippen LogP contribution in [0.25, 0.3) is 10.2 Å². The molecule has 0 spiro atoms. The van der Waals surface area contributed by atoms with Crippen LogP contribution in [-0.4, -0.2) is 43.0 Å². The summed E-state index contributed by atoms with van der Waals surface area (Å²) in [7, 11) is 3.88. The monoisotopic (exact) mass is 407 g/mol. The Morgan fingerprint density at radius 1 is 1.11 bits per heavy atom. The zero-order valence-electron chi connectivity index (χ0n) is 15.8. The lowest BCUT2D eigenvalue weighted by Gasteiger charge is -2.22. The van der Waals surface area contributed by atoms with E-state index in [1.165, 1.54) is 29.0 Å². The number of carbonyl (C=O) groups excluding carboxylic acids is 1. The van der Waals surface area contributed by atoms with Gasteiger partial charge in [-0.05, 0) is 63.3 Å². The van der Waals surface area contributed by atoms with Crippen LogP contribution in [-0.2, 0) is 0 Å². The van der Waals surface area contributed by atoms with Gasteiger partial charge in [-0.2, -0.15) is 0 Å². The molecular weight excluding hydrogens is 385 g/mol. The first-order chi connectivity index (χ1) is 12.4. The van der Waals surface area contributed by atoms with E-state index in [0.717, 1.165) is 15.8 Å². The predicted octanol–water partition coefficient (Wildman–Crippen LogP) is 4.68. The number of aromatic nitrogens is 1. The van der Waals surface area contributed by atoms with Crippen molar-refractivity contribution < 1.29 is 9.18 Å². The van der Waals surface area contributed by atoms with Crippen molar-refractivity contribution in [2.45, 2.75) is 13.8 Å². The highest BCUT2D eigenvalue weighted by atomic mass is 35.5. The molecule has 0 N–H and O–H groups in total. The van der Waals surface area contributed by atoms with E-state index >= 15 is 0 Å². The first kappa shape index (κ1) is 21.3. The maximum absolute atomic E-state index is 14.2. The van der Waals surface area contributed by atoms with E-state index in [-0.39, 0.29) is 23.9 Å². The number of halogens is 2. The van der Waals surface area contributed by atoms with E-state index in [0.29, 0.717) is 18.2 Å². The van der Waals surface area contributed by atoms with Gasteiger partial charge in [0.2, 0.25) is 0 Å². The summed E-state index contributed by atoms with van der Waals surface area (Å²) in [6.07, 6.45) is 0. The summed E-state index contributed by atoms with van der Waals surface area (Å²) in [5, 5.41) is 0.597. The molecule has 2 aromatic carbocycles. The number of fused-ring (bicyclic) bond motifs is 1. The zero-order valence-corrected chi connectivity index (χ0v) is 17.5. The number of hydrogen-bond donors (Lipinski definition) is 0. The van der Waals surface area contributed by atoms with Crippen molar-refractivity contribution >= 4 is 45.0 Å². The number of rotatable bonds is 5. The normalized spacial score (nSPS) is 10.9. The fourth-order valence-electron chi connectivity index (χ4n) is 2.65. The largest absolute Gasteiger partial charge is 0.308 e. The van der Waals surface area contributed by atoms with Gasteiger partial charge in [0, 0.05) is 13.1 Å². The fourth-order valence-corrected chi connectivity index (χ4v) is 3.72. The van der Waals surface area contributed by atoms with E-state index in [2.05, 4.69) is 18.0 Å². The second-order valence-electron chi connectivity index (χ2n) is 6.64. The first-order valence-electron chi connectivity index (χ1n) is 8.45. The number of hydrogen-bond acceptors (Lipinski definition) is 4. The van der Waals surface area contributed by atoms with Crippen LogP contribution in [0.2, 0.25) is 0 Å². The molecule has 0 saturated carbocycles. The van der Waals surface area contributed by atoms with E-state index in [1.807, 2.05) is 32.0 Å². The van der Waals surface area contributed by atoms with Crippen molar-refractivity contribution in [3.05, 3.63) is 58.9 Å². The van der Waals surface area contributed by atoms with Crippen molar-refractivity contribution in [3.63, 3.8) is 0 Å². The minimum atomic E-state index is -0.514. The first-order valence-corrected chi connectivity index (χ1v) is 9.27. The summed E-state index contributed by atoms with van der Waals surface area (Å²) in [6.45, 7) is 5.21. The van der Waals surface area contributed by atoms with Gasteiger partial charge in [-0.25, -0.2) is 9.37 Å². The molecule has 1 heterocycles. The average molecular weight is 408 g/mol. The summed E-state index contributed by atoms with van der Waals surface area (Å²) in [5.74, 6) is -0.877. The van der Waals surface area contributed by atoms with Gasteiger partial charge in [-0.15, -0.1) is 12.4 Å². The molecule has 0 radical (unpaired) electrons. The number of thiazole rings is 1. The standard InChI is InChI=1S/C20H22FN3OS.ClH/c1-13-11-17-18(12-14(13)2)26-20(22-17)24(10-9-23(3)4)19(25)15-7-5-6-8-16(15)21;/h5-8,11-12H,9-10H2,1-4H3;1H. The van der Waals surface area contributed by atoms with Crippen LogP contribution >= 0.6 is 23.7 Å². The van der Waals surface area contributed by atoms with Gasteiger partial charge in [0.15, 0.2) is 5.13 Å². The Morgan fingerprint density at radius 2 is 1.78 bits per heavy atom. The molecule has 1 aromatic heterocycles. The van der Waals surface area contributed by atoms with Gasteiger partial charge in [0.05, 0.1) is 15.8 Å². The van der Waals surface area contributed by atoms with E-state index in [9.17, 15) is 9.18 Å². The Labute approximate surface area is 169 Å². The predicted molar refractivity (Wildman–Crippen MR) is 113 cm³/mol. The number of aryl methyl sites for hydroxylation is 2. The fraction of sp³-hybridized carbons (Fsp3) is 0.300. The van der Waals surface area contributed by atoms with Gasteiger partial charge in [0.1, 0.15) is 5.82 Å². The molecule has 0 aliphatic heterocycles. The number of nitrogens with zero attached hydrogens (tertiary/aromatic N) is 3. The van der Waals surface area contributed by atoms with Crippen LogP contribution in [0.3, 0.4) is 0 Å². The second kappa shape index (κ2) is 8.78. The molecule has 0 fully saturated rings. The number of carbonyl (C=O) groups is 1. The molecule has 3 rings (SSSR count). The summed E-state index contributed by atoms with van der Waals surface area (Å²) >= 11 is 1.46. The maximum atomic E-state index is 14.2. The lowest BCUT2D eigenvalue weighted by atomic mass is 10.1. The molecule has 27 heavy (non-hydrogen) atoms. The molecule has 3 aromatic rings. The van der Waals surface area contributed by atoms with Crippen LogP contribution < -0.4 is 4.90 Å². The third-order valence-electron chi connectivity index (χ3n) is 4.34. The molecule has 0 unspecified atom stereocenters. The van der Waals surface area contributed by atoms with Gasteiger partial charge in [-0.1, -0.05) is 23.5 Å². The van der Waals surface area contributed by atoms with Crippen molar-refractivity contribution in [3.8, 4) is 0 Å². The Balaban J connectivity index is 0.00000261. The number of amides is 1. The van der Waals surface area contributed by atoms with Crippen LogP contribution in [0.15, 0.2) is 36.4 Å². The third-order valence-corrected chi connectivity index (χ3v) is 5.38. The number of benzene rings is 2. The van der Waals surface area contributed by atoms with Gasteiger partial charge < -0.3 is 4.90 Å². The van der Waals surface area contributed by atoms with Crippen molar-refractivity contribution in [2.75, 3.05) is 32.1 Å². The maximum Gasteiger partial charge on any atom is 0.263 e. The molecule has 0 aliphatic carbocycles. The summed E-state index contributed by atoms with van der Waals surface area (Å²) < 4.78 is 15.2. The molecule has 1 amide bonds. The Bertz CT molecular complexity index is 919. The quantitative estimate of drug-likeness (QED) is 0.616. The van der Waals surface area contributed by atoms with E-state index < -0.39 is 5.82 Å². The summed E-state index contributed by atoms with van der Waals surface area (Å²) in [6, 6.07) is 10.2. The van der Waals surface area contributed by atoms with Crippen LogP contribution in [0.1, 0.15) is 21.5 Å². The highest BCUT2D eigenvalue weighted by molar-refractivity contribution is 7.22. The molecule has 4 nitrogen and oxygen atoms in total. The topological polar surface area (TPSA) is 36.4 Å². The van der Waals surface area contributed by atoms with Crippen molar-refractivity contribution in [1.82, 2.24) is 9.88 Å². The zero-order chi connectivity index (χ0) is 18.8. The number of likely N-dealkylation sites (N-methyl/N-ethyl adjacent to an activating group) is 1. The number of anilines is 1. The second-order valence-corrected chi connectivity index (χ2v) is 7.65. The van der Waals surface area contributed by atoms with Crippen molar-refractivity contribution in [2.24, 2.45) is 0 Å². The third kappa shape index (κ3) is 4.64. The average Bonchev–Trinajstić information content (AvgIpc) is 2.97. The highest BCUT2D eigenvalue weighted by Gasteiger charge is 2.23. The molecule has 144 valence electrons. The molecule has 7 heteroatoms. The van der Waals surface area contributed by atoms with Crippen LogP contribution in [0, 0.1) is 19.7 Å². The Hall–Kier alpha value is -2.02. The van der Waals surface area contributed by atoms with Gasteiger partial charge in [0.25, 0.3) is 5.91 Å². The SMILES string of the molecule is Cc1cc2nc(N(CCN(C)C)C(=O)c3ccccc3F)sc2cc1C.Cl. The molecule has 0 bridgehead atoms. The van der Waals surface area contributed by atoms with Crippen LogP contribution in [0.5, 0.6) is 0 Å². The summed E-state index contributed by atoms with van der Waals surface area (Å²) in [5.41, 5.74) is 3.28. The van der Waals surface area contributed by atoms with E-state index in [4.69, 9.17) is 0 Å². The van der Waals surface area contributed by atoms with Gasteiger partial charge in [-0.3, -0.25) is 9.69 Å². The summed E-state index contributed by atoms with van der Waals surface area (Å²) in [4.78, 5) is 21.2. The van der Waals surface area contributed by atoms with E-state index in [1.54, 1.807) is 17.0 Å². The Morgan fingerprint density at radius 3 is 2.44 bits per heavy atom. The van der Waals surface area contributed by atoms with Crippen molar-refractivity contribution in [1.29, 1.82) is 0 Å². The lowest BCUT2D eigenvalue weighted by molar-refractivity contribution is 0.0981. The minimum absolute atomic E-state index is 0. The molecule has 0 aliphatic rings. The minimum Gasteiger partial charge on any atom is -0.308 e. The molecular formula is C20H23ClFN3OS. The molecule has 0 atom stereocenters.